The van der Waals surface area contributed by atoms with Crippen LogP contribution < -0.4 is 16.4 Å². The highest BCUT2D eigenvalue weighted by Gasteiger charge is 2.41. The number of oxazole rings is 1. The maximum atomic E-state index is 13.4. The molecule has 0 radical (unpaired) electrons. The number of rotatable bonds is 9. The van der Waals surface area contributed by atoms with Gasteiger partial charge in [-0.05, 0) is 67.7 Å². The quantitative estimate of drug-likeness (QED) is 0.322. The molecule has 1 heterocycles. The Hall–Kier alpha value is -3.88. The lowest BCUT2D eigenvalue weighted by atomic mass is 10.0. The molecule has 0 aliphatic carbocycles. The molecule has 10 nitrogen and oxygen atoms in total. The predicted octanol–water partition coefficient (Wildman–Crippen LogP) is 5.26. The fourth-order valence-corrected chi connectivity index (χ4v) is 5.23. The Morgan fingerprint density at radius 3 is 2.24 bits per heavy atom. The van der Waals surface area contributed by atoms with Gasteiger partial charge in [-0.1, -0.05) is 51.1 Å². The van der Waals surface area contributed by atoms with Crippen LogP contribution in [0.3, 0.4) is 0 Å². The summed E-state index contributed by atoms with van der Waals surface area (Å²) in [4.78, 5) is 37.5. The van der Waals surface area contributed by atoms with Crippen molar-refractivity contribution in [2.45, 2.75) is 83.8 Å². The molecule has 3 rings (SSSR count). The van der Waals surface area contributed by atoms with Crippen LogP contribution in [0.15, 0.2) is 51.7 Å². The van der Waals surface area contributed by atoms with Crippen molar-refractivity contribution < 1.29 is 23.2 Å². The van der Waals surface area contributed by atoms with Crippen LogP contribution in [0.1, 0.15) is 47.1 Å². The zero-order valence-corrected chi connectivity index (χ0v) is 27.0. The van der Waals surface area contributed by atoms with Gasteiger partial charge < -0.3 is 24.2 Å². The number of nitriles is 1. The van der Waals surface area contributed by atoms with Crippen LogP contribution in [0.25, 0.3) is 22.2 Å². The normalized spacial score (nSPS) is 13.7. The summed E-state index contributed by atoms with van der Waals surface area (Å²) in [5.41, 5.74) is 3.24. The Morgan fingerprint density at radius 1 is 1.05 bits per heavy atom. The number of hydrogen-bond acceptors (Lipinski definition) is 7. The molecule has 0 saturated carbocycles. The summed E-state index contributed by atoms with van der Waals surface area (Å²) in [6, 6.07) is 14.6. The molecule has 0 unspecified atom stereocenters. The van der Waals surface area contributed by atoms with Crippen molar-refractivity contribution in [3.8, 4) is 17.2 Å². The Kier molecular flexibility index (Phi) is 9.75. The summed E-state index contributed by atoms with van der Waals surface area (Å²) in [6.07, 6.45) is -1.36. The number of ether oxygens (including phenoxy) is 1. The van der Waals surface area contributed by atoms with E-state index >= 15 is 0 Å². The highest BCUT2D eigenvalue weighted by molar-refractivity contribution is 6.74. The van der Waals surface area contributed by atoms with Crippen molar-refractivity contribution >= 4 is 31.4 Å². The molecule has 2 aromatic carbocycles. The molecule has 2 atom stereocenters. The van der Waals surface area contributed by atoms with Gasteiger partial charge in [0.05, 0.1) is 18.1 Å². The lowest BCUT2D eigenvalue weighted by Gasteiger charge is -2.39. The monoisotopic (exact) mass is 594 g/mol. The minimum absolute atomic E-state index is 0.0906. The number of alkyl carbamates (subject to hydrolysis) is 1. The number of benzene rings is 2. The fraction of sp³-hybridized carbons (Fsp3) is 0.484. The van der Waals surface area contributed by atoms with Crippen LogP contribution in [0.5, 0.6) is 0 Å². The van der Waals surface area contributed by atoms with E-state index in [0.29, 0.717) is 11.1 Å². The second-order valence-electron chi connectivity index (χ2n) is 13.0. The second kappa shape index (κ2) is 12.5. The molecule has 0 spiro atoms. The minimum Gasteiger partial charge on any atom is -0.444 e. The molecule has 0 saturated heterocycles. The first kappa shape index (κ1) is 32.6. The van der Waals surface area contributed by atoms with Gasteiger partial charge in [0.2, 0.25) is 0 Å². The lowest BCUT2D eigenvalue weighted by Crippen LogP contribution is -2.54. The Morgan fingerprint density at radius 2 is 1.67 bits per heavy atom. The molecule has 2 amide bonds. The number of fused-ring (bicyclic) bond motifs is 1. The van der Waals surface area contributed by atoms with E-state index in [1.54, 1.807) is 33.9 Å². The van der Waals surface area contributed by atoms with Gasteiger partial charge >= 0.3 is 11.8 Å². The van der Waals surface area contributed by atoms with Crippen LogP contribution in [-0.2, 0) is 27.4 Å². The van der Waals surface area contributed by atoms with E-state index in [1.165, 1.54) is 4.57 Å². The number of aromatic nitrogens is 1. The van der Waals surface area contributed by atoms with Crippen LogP contribution in [0, 0.1) is 11.3 Å². The molecule has 226 valence electrons. The van der Waals surface area contributed by atoms with Crippen molar-refractivity contribution in [2.24, 2.45) is 7.05 Å². The Bertz CT molecular complexity index is 1520. The first-order chi connectivity index (χ1) is 19.4. The molecule has 1 aromatic heterocycles. The van der Waals surface area contributed by atoms with E-state index in [0.717, 1.165) is 16.7 Å². The van der Waals surface area contributed by atoms with E-state index in [-0.39, 0.29) is 18.0 Å². The largest absolute Gasteiger partial charge is 0.444 e. The second-order valence-corrected chi connectivity index (χ2v) is 17.7. The first-order valence-electron chi connectivity index (χ1n) is 13.9. The van der Waals surface area contributed by atoms with Gasteiger partial charge in [0, 0.05) is 13.5 Å². The first-order valence-corrected chi connectivity index (χ1v) is 16.8. The summed E-state index contributed by atoms with van der Waals surface area (Å²) >= 11 is 0. The molecule has 0 aliphatic rings. The molecule has 0 fully saturated rings. The predicted molar refractivity (Wildman–Crippen MR) is 164 cm³/mol. The summed E-state index contributed by atoms with van der Waals surface area (Å²) in [6.45, 7) is 15.4. The van der Waals surface area contributed by atoms with Gasteiger partial charge in [-0.2, -0.15) is 5.26 Å². The van der Waals surface area contributed by atoms with E-state index in [4.69, 9.17) is 13.6 Å². The molecular formula is C31H42N4O6Si. The molecule has 3 aromatic rings. The zero-order valence-electron chi connectivity index (χ0n) is 26.0. The average Bonchev–Trinajstić information content (AvgIpc) is 3.17. The van der Waals surface area contributed by atoms with Gasteiger partial charge in [-0.3, -0.25) is 9.36 Å². The number of aryl methyl sites for hydroxylation is 1. The van der Waals surface area contributed by atoms with Crippen molar-refractivity contribution in [3.05, 3.63) is 58.6 Å². The molecule has 2 N–H and O–H groups in total. The third-order valence-electron chi connectivity index (χ3n) is 7.36. The third-order valence-corrected chi connectivity index (χ3v) is 11.8. The minimum atomic E-state index is -2.40. The van der Waals surface area contributed by atoms with Crippen LogP contribution in [0.2, 0.25) is 18.1 Å². The highest BCUT2D eigenvalue weighted by Crippen LogP contribution is 2.37. The number of carbonyl (C=O) groups is 2. The summed E-state index contributed by atoms with van der Waals surface area (Å²) in [5, 5.41) is 15.1. The fourth-order valence-electron chi connectivity index (χ4n) is 3.98. The standard InChI is InChI=1S/C31H42N4O6Si/c1-30(2,3)40-28(37)33-19-26(41-42(8,9)31(4,5)6)27(36)34-23(18-32)16-20-10-12-21(13-11-20)22-14-15-25-24(17-22)35(7)29(38)39-25/h10-15,17,23,26H,16,19H2,1-9H3,(H,33,37)(H,34,36)/t23-,26+/m0/s1. The van der Waals surface area contributed by atoms with E-state index in [1.807, 2.05) is 49.5 Å². The van der Waals surface area contributed by atoms with Gasteiger partial charge in [0.1, 0.15) is 17.7 Å². The number of nitrogens with zero attached hydrogens (tertiary/aromatic N) is 2. The van der Waals surface area contributed by atoms with Crippen LogP contribution in [0.4, 0.5) is 4.79 Å². The number of amides is 2. The summed E-state index contributed by atoms with van der Waals surface area (Å²) < 4.78 is 18.4. The molecule has 42 heavy (non-hydrogen) atoms. The Balaban J connectivity index is 1.72. The SMILES string of the molecule is Cn1c(=O)oc2ccc(-c3ccc(C[C@@H](C#N)NC(=O)[C@@H](CNC(=O)OC(C)(C)C)O[Si](C)(C)C(C)(C)C)cc3)cc21. The maximum Gasteiger partial charge on any atom is 0.419 e. The van der Waals surface area contributed by atoms with Gasteiger partial charge in [0.25, 0.3) is 5.91 Å². The Labute approximate surface area is 248 Å². The third kappa shape index (κ3) is 8.33. The molecule has 0 bridgehead atoms. The lowest BCUT2D eigenvalue weighted by molar-refractivity contribution is -0.128. The van der Waals surface area contributed by atoms with E-state index in [2.05, 4.69) is 37.5 Å². The summed E-state index contributed by atoms with van der Waals surface area (Å²) in [5.74, 6) is -0.891. The smallest absolute Gasteiger partial charge is 0.419 e. The van der Waals surface area contributed by atoms with E-state index in [9.17, 15) is 19.6 Å². The maximum absolute atomic E-state index is 13.4. The van der Waals surface area contributed by atoms with E-state index < -0.39 is 43.8 Å². The number of hydrogen-bond donors (Lipinski definition) is 2. The van der Waals surface area contributed by atoms with Gasteiger partial charge in [0.15, 0.2) is 13.9 Å². The average molecular weight is 595 g/mol. The van der Waals surface area contributed by atoms with Crippen molar-refractivity contribution in [1.82, 2.24) is 15.2 Å². The molecule has 0 aliphatic heterocycles. The molecular weight excluding hydrogens is 552 g/mol. The van der Waals surface area contributed by atoms with Gasteiger partial charge in [-0.25, -0.2) is 9.59 Å². The van der Waals surface area contributed by atoms with Crippen molar-refractivity contribution in [2.75, 3.05) is 6.54 Å². The van der Waals surface area contributed by atoms with Crippen LogP contribution >= 0.6 is 0 Å². The van der Waals surface area contributed by atoms with Crippen molar-refractivity contribution in [1.29, 1.82) is 5.26 Å². The highest BCUT2D eigenvalue weighted by atomic mass is 28.4. The number of carbonyl (C=O) groups excluding carboxylic acids is 2. The van der Waals surface area contributed by atoms with Crippen LogP contribution in [-0.4, -0.2) is 49.2 Å². The van der Waals surface area contributed by atoms with Crippen molar-refractivity contribution in [3.63, 3.8) is 0 Å². The topological polar surface area (TPSA) is 136 Å². The number of nitrogens with one attached hydrogen (secondary N) is 2. The summed E-state index contributed by atoms with van der Waals surface area (Å²) in [7, 11) is -0.744. The zero-order chi connectivity index (χ0) is 31.5. The van der Waals surface area contributed by atoms with Gasteiger partial charge in [-0.15, -0.1) is 0 Å². The molecule has 11 heteroatoms.